The predicted molar refractivity (Wildman–Crippen MR) is 78.2 cm³/mol. The molecule has 0 saturated carbocycles. The molecule has 24 heavy (non-hydrogen) atoms. The Balaban J connectivity index is 2.11. The standard InChI is InChI=1S/C15H14F3N3O3/c1-21-13(23)7-6-11(20-21)14(24)19-8-12(22)9-4-2-3-5-10(9)15(16,17)18/h2-7,12,22H,8H2,1H3,(H,19,24)/t12-/m1/s1. The molecule has 0 aliphatic rings. The molecule has 1 amide bonds. The number of nitrogens with zero attached hydrogens (tertiary/aromatic N) is 2. The van der Waals surface area contributed by atoms with Crippen LogP contribution in [0.4, 0.5) is 13.2 Å². The smallest absolute Gasteiger partial charge is 0.387 e. The molecule has 1 aromatic heterocycles. The van der Waals surface area contributed by atoms with Gasteiger partial charge in [0.05, 0.1) is 11.7 Å². The van der Waals surface area contributed by atoms with Crippen LogP contribution < -0.4 is 10.9 Å². The average molecular weight is 341 g/mol. The van der Waals surface area contributed by atoms with Crippen LogP contribution >= 0.6 is 0 Å². The van der Waals surface area contributed by atoms with Gasteiger partial charge in [0, 0.05) is 19.7 Å². The Hall–Kier alpha value is -2.68. The minimum Gasteiger partial charge on any atom is -0.387 e. The molecule has 0 radical (unpaired) electrons. The minimum absolute atomic E-state index is 0.0894. The van der Waals surface area contributed by atoms with Crippen molar-refractivity contribution in [3.63, 3.8) is 0 Å². The molecule has 0 saturated heterocycles. The van der Waals surface area contributed by atoms with Gasteiger partial charge in [-0.25, -0.2) is 4.68 Å². The fourth-order valence-electron chi connectivity index (χ4n) is 2.06. The van der Waals surface area contributed by atoms with Gasteiger partial charge >= 0.3 is 6.18 Å². The first-order chi connectivity index (χ1) is 11.2. The quantitative estimate of drug-likeness (QED) is 0.877. The van der Waals surface area contributed by atoms with Crippen molar-refractivity contribution < 1.29 is 23.1 Å². The second-order valence-electron chi connectivity index (χ2n) is 4.99. The van der Waals surface area contributed by atoms with Gasteiger partial charge in [-0.15, -0.1) is 0 Å². The zero-order valence-electron chi connectivity index (χ0n) is 12.5. The maximum absolute atomic E-state index is 12.9. The van der Waals surface area contributed by atoms with E-state index in [1.807, 2.05) is 0 Å². The highest BCUT2D eigenvalue weighted by Crippen LogP contribution is 2.34. The van der Waals surface area contributed by atoms with Crippen LogP contribution in [0.15, 0.2) is 41.2 Å². The van der Waals surface area contributed by atoms with Crippen LogP contribution in [0.5, 0.6) is 0 Å². The van der Waals surface area contributed by atoms with Crippen molar-refractivity contribution in [1.82, 2.24) is 15.1 Å². The Morgan fingerprint density at radius 1 is 1.29 bits per heavy atom. The van der Waals surface area contributed by atoms with E-state index in [1.54, 1.807) is 0 Å². The Labute approximate surface area is 134 Å². The zero-order chi connectivity index (χ0) is 17.9. The Bertz CT molecular complexity index is 802. The van der Waals surface area contributed by atoms with Crippen LogP contribution in [0.2, 0.25) is 0 Å². The number of aryl methyl sites for hydroxylation is 1. The normalized spacial score (nSPS) is 12.7. The van der Waals surface area contributed by atoms with Crippen LogP contribution in [0, 0.1) is 0 Å². The summed E-state index contributed by atoms with van der Waals surface area (Å²) in [6.07, 6.45) is -6.15. The lowest BCUT2D eigenvalue weighted by Gasteiger charge is -2.17. The van der Waals surface area contributed by atoms with E-state index in [-0.39, 0.29) is 11.3 Å². The first kappa shape index (κ1) is 17.7. The molecule has 9 heteroatoms. The monoisotopic (exact) mass is 341 g/mol. The predicted octanol–water partition coefficient (Wildman–Crippen LogP) is 1.26. The number of hydrogen-bond acceptors (Lipinski definition) is 4. The fraction of sp³-hybridized carbons (Fsp3) is 0.267. The first-order valence-corrected chi connectivity index (χ1v) is 6.87. The highest BCUT2D eigenvalue weighted by atomic mass is 19.4. The van der Waals surface area contributed by atoms with Crippen LogP contribution in [0.1, 0.15) is 27.7 Å². The maximum atomic E-state index is 12.9. The lowest BCUT2D eigenvalue weighted by atomic mass is 10.0. The zero-order valence-corrected chi connectivity index (χ0v) is 12.5. The van der Waals surface area contributed by atoms with Crippen molar-refractivity contribution in [3.8, 4) is 0 Å². The fourth-order valence-corrected chi connectivity index (χ4v) is 2.06. The van der Waals surface area contributed by atoms with Crippen LogP contribution in [0.25, 0.3) is 0 Å². The highest BCUT2D eigenvalue weighted by molar-refractivity contribution is 5.92. The summed E-state index contributed by atoms with van der Waals surface area (Å²) >= 11 is 0. The lowest BCUT2D eigenvalue weighted by molar-refractivity contribution is -0.139. The van der Waals surface area contributed by atoms with Gasteiger partial charge in [0.15, 0.2) is 0 Å². The summed E-state index contributed by atoms with van der Waals surface area (Å²) < 4.78 is 39.7. The molecule has 1 aromatic carbocycles. The van der Waals surface area contributed by atoms with Crippen LogP contribution in [0.3, 0.4) is 0 Å². The second-order valence-corrected chi connectivity index (χ2v) is 4.99. The second kappa shape index (κ2) is 6.83. The molecule has 0 bridgehead atoms. The molecule has 0 unspecified atom stereocenters. The molecule has 0 aliphatic heterocycles. The summed E-state index contributed by atoms with van der Waals surface area (Å²) in [5, 5.41) is 16.0. The number of carbonyl (C=O) groups excluding carboxylic acids is 1. The van der Waals surface area contributed by atoms with Crippen LogP contribution in [-0.4, -0.2) is 27.3 Å². The van der Waals surface area contributed by atoms with Crippen molar-refractivity contribution in [2.24, 2.45) is 7.05 Å². The number of benzene rings is 1. The van der Waals surface area contributed by atoms with E-state index in [2.05, 4.69) is 10.4 Å². The van der Waals surface area contributed by atoms with Gasteiger partial charge in [-0.1, -0.05) is 18.2 Å². The molecule has 0 spiro atoms. The average Bonchev–Trinajstić information content (AvgIpc) is 2.54. The number of aliphatic hydroxyl groups excluding tert-OH is 1. The third-order valence-corrected chi connectivity index (χ3v) is 3.27. The number of aromatic nitrogens is 2. The summed E-state index contributed by atoms with van der Waals surface area (Å²) in [6.45, 7) is -0.434. The van der Waals surface area contributed by atoms with E-state index >= 15 is 0 Å². The first-order valence-electron chi connectivity index (χ1n) is 6.87. The number of nitrogens with one attached hydrogen (secondary N) is 1. The lowest BCUT2D eigenvalue weighted by Crippen LogP contribution is -2.31. The van der Waals surface area contributed by atoms with Crippen molar-refractivity contribution in [1.29, 1.82) is 0 Å². The van der Waals surface area contributed by atoms with Gasteiger partial charge < -0.3 is 10.4 Å². The van der Waals surface area contributed by atoms with Gasteiger partial charge in [0.25, 0.3) is 11.5 Å². The van der Waals surface area contributed by atoms with Crippen molar-refractivity contribution in [2.75, 3.05) is 6.54 Å². The summed E-state index contributed by atoms with van der Waals surface area (Å²) in [4.78, 5) is 23.1. The third kappa shape index (κ3) is 3.99. The van der Waals surface area contributed by atoms with Gasteiger partial charge in [-0.05, 0) is 17.7 Å². The van der Waals surface area contributed by atoms with E-state index in [0.29, 0.717) is 0 Å². The van der Waals surface area contributed by atoms with Gasteiger partial charge in [-0.2, -0.15) is 18.3 Å². The number of alkyl halides is 3. The molecule has 2 rings (SSSR count). The molecule has 0 aliphatic carbocycles. The Kier molecular flexibility index (Phi) is 5.03. The minimum atomic E-state index is -4.61. The summed E-state index contributed by atoms with van der Waals surface area (Å²) in [7, 11) is 1.35. The Morgan fingerprint density at radius 3 is 2.58 bits per heavy atom. The van der Waals surface area contributed by atoms with Gasteiger partial charge in [0.2, 0.25) is 0 Å². The molecule has 0 fully saturated rings. The highest BCUT2D eigenvalue weighted by Gasteiger charge is 2.34. The van der Waals surface area contributed by atoms with Gasteiger partial charge in [0.1, 0.15) is 5.69 Å². The summed E-state index contributed by atoms with van der Waals surface area (Å²) in [5.74, 6) is -0.714. The number of carbonyl (C=O) groups is 1. The van der Waals surface area contributed by atoms with Crippen molar-refractivity contribution >= 4 is 5.91 Å². The molecule has 1 heterocycles. The van der Waals surface area contributed by atoms with Crippen LogP contribution in [-0.2, 0) is 13.2 Å². The SMILES string of the molecule is Cn1nc(C(=O)NC[C@@H](O)c2ccccc2C(F)(F)F)ccc1=O. The van der Waals surface area contributed by atoms with E-state index in [4.69, 9.17) is 0 Å². The molecule has 2 aromatic rings. The number of amides is 1. The number of halogens is 3. The van der Waals surface area contributed by atoms with Crippen molar-refractivity contribution in [2.45, 2.75) is 12.3 Å². The van der Waals surface area contributed by atoms with E-state index in [1.165, 1.54) is 25.2 Å². The van der Waals surface area contributed by atoms with Crippen molar-refractivity contribution in [3.05, 3.63) is 63.6 Å². The summed E-state index contributed by atoms with van der Waals surface area (Å²) in [5.41, 5.74) is -1.80. The molecular weight excluding hydrogens is 327 g/mol. The van der Waals surface area contributed by atoms with Gasteiger partial charge in [-0.3, -0.25) is 9.59 Å². The van der Waals surface area contributed by atoms with E-state index in [0.717, 1.165) is 22.9 Å². The number of aliphatic hydroxyl groups is 1. The molecule has 128 valence electrons. The largest absolute Gasteiger partial charge is 0.416 e. The topological polar surface area (TPSA) is 84.2 Å². The maximum Gasteiger partial charge on any atom is 0.416 e. The summed E-state index contributed by atoms with van der Waals surface area (Å²) in [6, 6.07) is 6.90. The number of rotatable bonds is 4. The molecule has 2 N–H and O–H groups in total. The molecular formula is C15H14F3N3O3. The molecule has 6 nitrogen and oxygen atoms in total. The number of hydrogen-bond donors (Lipinski definition) is 2. The van der Waals surface area contributed by atoms with E-state index < -0.39 is 35.9 Å². The molecule has 1 atom stereocenters. The third-order valence-electron chi connectivity index (χ3n) is 3.27. The van der Waals surface area contributed by atoms with E-state index in [9.17, 15) is 27.9 Å². The Morgan fingerprint density at radius 2 is 1.96 bits per heavy atom.